The zero-order valence-electron chi connectivity index (χ0n) is 9.71. The number of hydrazone groups is 1. The molecule has 2 rings (SSSR count). The number of halogens is 1. The van der Waals surface area contributed by atoms with Gasteiger partial charge in [0.2, 0.25) is 0 Å². The standard InChI is InChI=1S/C13H10ClN3O2/c14-11-6-2-1-4-9(11)8-16-17-12-10(13(18)19)5-3-7-15-12/h1-8H,(H,15,17)(H,18,19)/p-1/b16-8-. The minimum absolute atomic E-state index is 0.0567. The average Bonchev–Trinajstić information content (AvgIpc) is 2.41. The van der Waals surface area contributed by atoms with Crippen LogP contribution in [0.25, 0.3) is 0 Å². The number of hydrogen-bond donors (Lipinski definition) is 1. The smallest absolute Gasteiger partial charge is 0.155 e. The predicted molar refractivity (Wildman–Crippen MR) is 71.2 cm³/mol. The average molecular weight is 275 g/mol. The molecule has 0 radical (unpaired) electrons. The van der Waals surface area contributed by atoms with Gasteiger partial charge in [0.25, 0.3) is 0 Å². The van der Waals surface area contributed by atoms with Crippen molar-refractivity contribution in [3.8, 4) is 0 Å². The van der Waals surface area contributed by atoms with Gasteiger partial charge in [-0.1, -0.05) is 29.8 Å². The summed E-state index contributed by atoms with van der Waals surface area (Å²) in [5.74, 6) is -1.20. The minimum atomic E-state index is -1.32. The van der Waals surface area contributed by atoms with E-state index in [-0.39, 0.29) is 11.4 Å². The van der Waals surface area contributed by atoms with Crippen LogP contribution in [0.5, 0.6) is 0 Å². The monoisotopic (exact) mass is 274 g/mol. The Kier molecular flexibility index (Phi) is 4.10. The van der Waals surface area contributed by atoms with Crippen LogP contribution in [0.3, 0.4) is 0 Å². The lowest BCUT2D eigenvalue weighted by Crippen LogP contribution is -2.23. The molecule has 0 aliphatic carbocycles. The fourth-order valence-electron chi connectivity index (χ4n) is 1.40. The van der Waals surface area contributed by atoms with Gasteiger partial charge < -0.3 is 9.90 Å². The fraction of sp³-hybridized carbons (Fsp3) is 0. The maximum Gasteiger partial charge on any atom is 0.155 e. The van der Waals surface area contributed by atoms with Crippen LogP contribution in [0.1, 0.15) is 15.9 Å². The Hall–Kier alpha value is -2.40. The third kappa shape index (κ3) is 3.29. The van der Waals surface area contributed by atoms with Crippen LogP contribution in [0.2, 0.25) is 5.02 Å². The molecule has 0 aliphatic heterocycles. The summed E-state index contributed by atoms with van der Waals surface area (Å²) >= 11 is 5.95. The molecule has 2 aromatic rings. The number of benzene rings is 1. The van der Waals surface area contributed by atoms with Gasteiger partial charge in [0, 0.05) is 22.3 Å². The Labute approximate surface area is 114 Å². The summed E-state index contributed by atoms with van der Waals surface area (Å²) in [5, 5.41) is 15.3. The second-order valence-electron chi connectivity index (χ2n) is 3.58. The predicted octanol–water partition coefficient (Wildman–Crippen LogP) is 1.54. The Morgan fingerprint density at radius 3 is 2.84 bits per heavy atom. The van der Waals surface area contributed by atoms with Gasteiger partial charge in [-0.2, -0.15) is 5.10 Å². The lowest BCUT2D eigenvalue weighted by molar-refractivity contribution is -0.254. The Morgan fingerprint density at radius 1 is 1.32 bits per heavy atom. The molecular formula is C13H9ClN3O2-. The van der Waals surface area contributed by atoms with Crippen LogP contribution < -0.4 is 10.5 Å². The molecule has 1 heterocycles. The number of pyridine rings is 1. The van der Waals surface area contributed by atoms with Crippen molar-refractivity contribution in [3.63, 3.8) is 0 Å². The summed E-state index contributed by atoms with van der Waals surface area (Å²) in [7, 11) is 0. The van der Waals surface area contributed by atoms with E-state index in [2.05, 4.69) is 15.5 Å². The number of aromatic nitrogens is 1. The summed E-state index contributed by atoms with van der Waals surface area (Å²) in [6.45, 7) is 0. The van der Waals surface area contributed by atoms with E-state index in [1.807, 2.05) is 6.07 Å². The molecule has 0 spiro atoms. The number of rotatable bonds is 4. The molecular weight excluding hydrogens is 266 g/mol. The van der Waals surface area contributed by atoms with E-state index in [4.69, 9.17) is 11.6 Å². The van der Waals surface area contributed by atoms with Gasteiger partial charge in [0.15, 0.2) is 5.82 Å². The highest BCUT2D eigenvalue weighted by Gasteiger charge is 2.02. The number of carboxylic acids is 1. The highest BCUT2D eigenvalue weighted by molar-refractivity contribution is 6.33. The van der Waals surface area contributed by atoms with Crippen molar-refractivity contribution in [3.05, 3.63) is 58.7 Å². The van der Waals surface area contributed by atoms with E-state index in [0.29, 0.717) is 10.6 Å². The number of carboxylic acid groups (broad SMARTS) is 1. The Morgan fingerprint density at radius 2 is 2.11 bits per heavy atom. The first-order valence-electron chi connectivity index (χ1n) is 5.38. The molecule has 96 valence electrons. The van der Waals surface area contributed by atoms with Gasteiger partial charge in [-0.15, -0.1) is 0 Å². The second-order valence-corrected chi connectivity index (χ2v) is 3.99. The Bertz CT molecular complexity index is 629. The van der Waals surface area contributed by atoms with Crippen LogP contribution in [0, 0.1) is 0 Å². The van der Waals surface area contributed by atoms with E-state index in [0.717, 1.165) is 0 Å². The molecule has 0 unspecified atom stereocenters. The summed E-state index contributed by atoms with van der Waals surface area (Å²) in [5.41, 5.74) is 3.20. The second kappa shape index (κ2) is 5.97. The zero-order chi connectivity index (χ0) is 13.7. The van der Waals surface area contributed by atoms with Crippen molar-refractivity contribution >= 4 is 29.6 Å². The minimum Gasteiger partial charge on any atom is -0.545 e. The van der Waals surface area contributed by atoms with E-state index in [1.165, 1.54) is 24.5 Å². The van der Waals surface area contributed by atoms with Crippen LogP contribution in [0.15, 0.2) is 47.7 Å². The molecule has 19 heavy (non-hydrogen) atoms. The molecule has 0 atom stereocenters. The number of anilines is 1. The molecule has 0 saturated heterocycles. The van der Waals surface area contributed by atoms with Crippen LogP contribution in [-0.4, -0.2) is 17.2 Å². The van der Waals surface area contributed by atoms with Crippen molar-refractivity contribution in [1.29, 1.82) is 0 Å². The number of carbonyl (C=O) groups is 1. The number of nitrogens with one attached hydrogen (secondary N) is 1. The number of aromatic carboxylic acids is 1. The molecule has 0 amide bonds. The normalized spacial score (nSPS) is 10.6. The zero-order valence-corrected chi connectivity index (χ0v) is 10.5. The molecule has 5 nitrogen and oxygen atoms in total. The molecule has 1 aromatic carbocycles. The Balaban J connectivity index is 2.15. The molecule has 1 N–H and O–H groups in total. The summed E-state index contributed by atoms with van der Waals surface area (Å²) in [4.78, 5) is 14.7. The largest absolute Gasteiger partial charge is 0.545 e. The molecule has 0 saturated carbocycles. The van der Waals surface area contributed by atoms with Gasteiger partial charge in [0.05, 0.1) is 12.2 Å². The lowest BCUT2D eigenvalue weighted by atomic mass is 10.2. The summed E-state index contributed by atoms with van der Waals surface area (Å²) in [6.07, 6.45) is 2.94. The molecule has 0 bridgehead atoms. The first-order chi connectivity index (χ1) is 9.18. The highest BCUT2D eigenvalue weighted by atomic mass is 35.5. The fourth-order valence-corrected chi connectivity index (χ4v) is 1.59. The van der Waals surface area contributed by atoms with Gasteiger partial charge in [-0.3, -0.25) is 5.43 Å². The van der Waals surface area contributed by atoms with E-state index in [1.54, 1.807) is 18.2 Å². The molecule has 0 fully saturated rings. The van der Waals surface area contributed by atoms with E-state index >= 15 is 0 Å². The quantitative estimate of drug-likeness (QED) is 0.678. The van der Waals surface area contributed by atoms with Crippen LogP contribution in [0.4, 0.5) is 5.82 Å². The highest BCUT2D eigenvalue weighted by Crippen LogP contribution is 2.13. The van der Waals surface area contributed by atoms with E-state index in [9.17, 15) is 9.90 Å². The summed E-state index contributed by atoms with van der Waals surface area (Å²) < 4.78 is 0. The van der Waals surface area contributed by atoms with Gasteiger partial charge >= 0.3 is 0 Å². The van der Waals surface area contributed by atoms with Gasteiger partial charge in [0.1, 0.15) is 0 Å². The van der Waals surface area contributed by atoms with Crippen molar-refractivity contribution in [2.45, 2.75) is 0 Å². The van der Waals surface area contributed by atoms with Crippen LogP contribution >= 0.6 is 11.6 Å². The SMILES string of the molecule is O=C([O-])c1cccnc1N/N=C\c1ccccc1Cl. The lowest BCUT2D eigenvalue weighted by Gasteiger charge is -2.07. The maximum absolute atomic E-state index is 10.8. The first kappa shape index (κ1) is 13.0. The third-order valence-electron chi connectivity index (χ3n) is 2.31. The van der Waals surface area contributed by atoms with Gasteiger partial charge in [-0.25, -0.2) is 4.98 Å². The van der Waals surface area contributed by atoms with Crippen molar-refractivity contribution in [2.75, 3.05) is 5.43 Å². The van der Waals surface area contributed by atoms with Crippen molar-refractivity contribution < 1.29 is 9.90 Å². The number of nitrogens with zero attached hydrogens (tertiary/aromatic N) is 2. The molecule has 0 aliphatic rings. The topological polar surface area (TPSA) is 77.4 Å². The molecule has 1 aromatic heterocycles. The van der Waals surface area contributed by atoms with Gasteiger partial charge in [-0.05, 0) is 18.2 Å². The number of carbonyl (C=O) groups excluding carboxylic acids is 1. The van der Waals surface area contributed by atoms with Crippen LogP contribution in [-0.2, 0) is 0 Å². The van der Waals surface area contributed by atoms with E-state index < -0.39 is 5.97 Å². The molecule has 6 heteroatoms. The first-order valence-corrected chi connectivity index (χ1v) is 5.76. The number of hydrogen-bond acceptors (Lipinski definition) is 5. The third-order valence-corrected chi connectivity index (χ3v) is 2.65. The maximum atomic E-state index is 10.8. The summed E-state index contributed by atoms with van der Waals surface area (Å²) in [6, 6.07) is 10.0. The van der Waals surface area contributed by atoms with Crippen molar-refractivity contribution in [2.24, 2.45) is 5.10 Å². The van der Waals surface area contributed by atoms with Crippen molar-refractivity contribution in [1.82, 2.24) is 4.98 Å².